The molecule has 6 heteroatoms. The van der Waals surface area contributed by atoms with Crippen molar-refractivity contribution >= 4 is 9.84 Å². The Morgan fingerprint density at radius 2 is 1.24 bits per heavy atom. The Hall–Kier alpha value is -2.05. The minimum Gasteiger partial charge on any atom is -0.497 e. The Morgan fingerprint density at radius 1 is 0.793 bits per heavy atom. The first-order valence-electron chi connectivity index (χ1n) is 9.96. The SMILES string of the molecule is COc1ccc(CC(Cc2ccc(OC)cc2)S(=O)(=O)CCCCN(C)C)cc1. The number of benzene rings is 2. The second-order valence-corrected chi connectivity index (χ2v) is 10.0. The Morgan fingerprint density at radius 3 is 1.62 bits per heavy atom. The van der Waals surface area contributed by atoms with Crippen molar-refractivity contribution < 1.29 is 17.9 Å². The Labute approximate surface area is 175 Å². The maximum Gasteiger partial charge on any atom is 0.153 e. The van der Waals surface area contributed by atoms with Crippen LogP contribution in [0.4, 0.5) is 0 Å². The van der Waals surface area contributed by atoms with Gasteiger partial charge < -0.3 is 14.4 Å². The molecule has 5 nitrogen and oxygen atoms in total. The van der Waals surface area contributed by atoms with Gasteiger partial charge in [0.2, 0.25) is 0 Å². The lowest BCUT2D eigenvalue weighted by atomic mass is 10.0. The molecule has 0 N–H and O–H groups in total. The number of hydrogen-bond acceptors (Lipinski definition) is 5. The maximum absolute atomic E-state index is 13.2. The molecule has 2 aromatic rings. The molecule has 0 fully saturated rings. The van der Waals surface area contributed by atoms with Gasteiger partial charge in [0.25, 0.3) is 0 Å². The molecule has 2 rings (SSSR count). The van der Waals surface area contributed by atoms with E-state index in [1.54, 1.807) is 14.2 Å². The topological polar surface area (TPSA) is 55.8 Å². The van der Waals surface area contributed by atoms with E-state index in [4.69, 9.17) is 9.47 Å². The molecule has 0 aliphatic carbocycles. The molecule has 0 saturated heterocycles. The van der Waals surface area contributed by atoms with Gasteiger partial charge in [-0.05, 0) is 81.7 Å². The van der Waals surface area contributed by atoms with Crippen LogP contribution in [0.1, 0.15) is 24.0 Å². The quantitative estimate of drug-likeness (QED) is 0.492. The molecular formula is C23H33NO4S. The molecule has 160 valence electrons. The molecule has 0 radical (unpaired) electrons. The molecule has 0 heterocycles. The first-order valence-corrected chi connectivity index (χ1v) is 11.7. The zero-order valence-corrected chi connectivity index (χ0v) is 18.7. The molecular weight excluding hydrogens is 386 g/mol. The summed E-state index contributed by atoms with van der Waals surface area (Å²) in [5.74, 6) is 1.76. The summed E-state index contributed by atoms with van der Waals surface area (Å²) >= 11 is 0. The molecule has 0 saturated carbocycles. The van der Waals surface area contributed by atoms with Crippen molar-refractivity contribution in [2.24, 2.45) is 0 Å². The lowest BCUT2D eigenvalue weighted by Crippen LogP contribution is -2.29. The van der Waals surface area contributed by atoms with E-state index < -0.39 is 15.1 Å². The smallest absolute Gasteiger partial charge is 0.153 e. The monoisotopic (exact) mass is 419 g/mol. The van der Waals surface area contributed by atoms with E-state index in [2.05, 4.69) is 4.90 Å². The van der Waals surface area contributed by atoms with Gasteiger partial charge in [0.1, 0.15) is 11.5 Å². The summed E-state index contributed by atoms with van der Waals surface area (Å²) in [5, 5.41) is -0.455. The van der Waals surface area contributed by atoms with E-state index in [0.717, 1.165) is 35.6 Å². The molecule has 0 bridgehead atoms. The number of methoxy groups -OCH3 is 2. The molecule has 0 spiro atoms. The highest BCUT2D eigenvalue weighted by atomic mass is 32.2. The molecule has 0 unspecified atom stereocenters. The average Bonchev–Trinajstić information content (AvgIpc) is 2.71. The van der Waals surface area contributed by atoms with Crippen LogP contribution in [0.5, 0.6) is 11.5 Å². The zero-order chi connectivity index (χ0) is 21.3. The highest BCUT2D eigenvalue weighted by Crippen LogP contribution is 2.21. The molecule has 0 aliphatic heterocycles. The summed E-state index contributed by atoms with van der Waals surface area (Å²) in [6.07, 6.45) is 2.55. The first kappa shape index (κ1) is 23.2. The largest absolute Gasteiger partial charge is 0.497 e. The molecule has 0 amide bonds. The van der Waals surface area contributed by atoms with Crippen molar-refractivity contribution in [3.8, 4) is 11.5 Å². The first-order chi connectivity index (χ1) is 13.8. The van der Waals surface area contributed by atoms with Crippen LogP contribution >= 0.6 is 0 Å². The Bertz CT molecular complexity index is 781. The fraction of sp³-hybridized carbons (Fsp3) is 0.478. The predicted octanol–water partition coefficient (Wildman–Crippen LogP) is 3.61. The van der Waals surface area contributed by atoms with Crippen molar-refractivity contribution in [1.82, 2.24) is 4.90 Å². The lowest BCUT2D eigenvalue weighted by molar-refractivity contribution is 0.398. The van der Waals surface area contributed by atoms with Crippen LogP contribution in [-0.2, 0) is 22.7 Å². The van der Waals surface area contributed by atoms with Crippen LogP contribution in [0.3, 0.4) is 0 Å². The van der Waals surface area contributed by atoms with Crippen LogP contribution in [0.25, 0.3) is 0 Å². The second kappa shape index (κ2) is 11.2. The number of hydrogen-bond donors (Lipinski definition) is 0. The van der Waals surface area contributed by atoms with E-state index in [0.29, 0.717) is 19.3 Å². The number of sulfone groups is 1. The highest BCUT2D eigenvalue weighted by molar-refractivity contribution is 7.92. The molecule has 0 aromatic heterocycles. The minimum absolute atomic E-state index is 0.220. The molecule has 0 aliphatic rings. The van der Waals surface area contributed by atoms with Gasteiger partial charge in [-0.2, -0.15) is 0 Å². The fourth-order valence-corrected chi connectivity index (χ4v) is 5.11. The van der Waals surface area contributed by atoms with Gasteiger partial charge >= 0.3 is 0 Å². The van der Waals surface area contributed by atoms with E-state index >= 15 is 0 Å². The normalized spacial score (nSPS) is 11.8. The predicted molar refractivity (Wildman–Crippen MR) is 119 cm³/mol. The van der Waals surface area contributed by atoms with Gasteiger partial charge in [0.05, 0.1) is 25.2 Å². The number of ether oxygens (including phenoxy) is 2. The number of nitrogens with zero attached hydrogens (tertiary/aromatic N) is 1. The van der Waals surface area contributed by atoms with E-state index in [1.165, 1.54) is 0 Å². The number of rotatable bonds is 12. The van der Waals surface area contributed by atoms with Gasteiger partial charge in [0, 0.05) is 0 Å². The Balaban J connectivity index is 2.15. The maximum atomic E-state index is 13.2. The molecule has 29 heavy (non-hydrogen) atoms. The Kier molecular flexibility index (Phi) is 8.99. The summed E-state index contributed by atoms with van der Waals surface area (Å²) in [6, 6.07) is 15.3. The van der Waals surface area contributed by atoms with E-state index in [-0.39, 0.29) is 5.75 Å². The van der Waals surface area contributed by atoms with Crippen molar-refractivity contribution in [1.29, 1.82) is 0 Å². The summed E-state index contributed by atoms with van der Waals surface area (Å²) in [5.41, 5.74) is 2.00. The fourth-order valence-electron chi connectivity index (χ4n) is 3.27. The van der Waals surface area contributed by atoms with Crippen LogP contribution in [0, 0.1) is 0 Å². The summed E-state index contributed by atoms with van der Waals surface area (Å²) in [7, 11) is 4.03. The van der Waals surface area contributed by atoms with Crippen LogP contribution in [-0.4, -0.2) is 59.2 Å². The van der Waals surface area contributed by atoms with Crippen molar-refractivity contribution in [2.75, 3.05) is 40.6 Å². The van der Waals surface area contributed by atoms with Crippen LogP contribution < -0.4 is 9.47 Å². The zero-order valence-electron chi connectivity index (χ0n) is 17.9. The van der Waals surface area contributed by atoms with Crippen molar-refractivity contribution in [3.05, 3.63) is 59.7 Å². The minimum atomic E-state index is -3.23. The van der Waals surface area contributed by atoms with Gasteiger partial charge in [-0.1, -0.05) is 24.3 Å². The standard InChI is InChI=1S/C23H33NO4S/c1-24(2)15-5-6-16-29(25,26)23(17-19-7-11-21(27-3)12-8-19)18-20-9-13-22(28-4)14-10-20/h7-14,23H,5-6,15-18H2,1-4H3. The summed E-state index contributed by atoms with van der Waals surface area (Å²) in [4.78, 5) is 2.08. The highest BCUT2D eigenvalue weighted by Gasteiger charge is 2.26. The van der Waals surface area contributed by atoms with Crippen molar-refractivity contribution in [2.45, 2.75) is 30.9 Å². The van der Waals surface area contributed by atoms with Crippen molar-refractivity contribution in [3.63, 3.8) is 0 Å². The number of unbranched alkanes of at least 4 members (excludes halogenated alkanes) is 1. The average molecular weight is 420 g/mol. The third kappa shape index (κ3) is 7.71. The van der Waals surface area contributed by atoms with Crippen LogP contribution in [0.15, 0.2) is 48.5 Å². The van der Waals surface area contributed by atoms with Gasteiger partial charge in [0.15, 0.2) is 9.84 Å². The second-order valence-electron chi connectivity index (χ2n) is 7.60. The third-order valence-electron chi connectivity index (χ3n) is 5.04. The van der Waals surface area contributed by atoms with Gasteiger partial charge in [-0.15, -0.1) is 0 Å². The molecule has 2 aromatic carbocycles. The van der Waals surface area contributed by atoms with E-state index in [9.17, 15) is 8.42 Å². The van der Waals surface area contributed by atoms with Gasteiger partial charge in [-0.25, -0.2) is 8.42 Å². The molecule has 0 atom stereocenters. The van der Waals surface area contributed by atoms with Gasteiger partial charge in [-0.3, -0.25) is 0 Å². The van der Waals surface area contributed by atoms with E-state index in [1.807, 2.05) is 62.6 Å². The third-order valence-corrected chi connectivity index (χ3v) is 7.24. The summed E-state index contributed by atoms with van der Waals surface area (Å²) < 4.78 is 36.8. The lowest BCUT2D eigenvalue weighted by Gasteiger charge is -2.19. The summed E-state index contributed by atoms with van der Waals surface area (Å²) in [6.45, 7) is 0.900. The van der Waals surface area contributed by atoms with Crippen LogP contribution in [0.2, 0.25) is 0 Å².